The van der Waals surface area contributed by atoms with Crippen LogP contribution in [-0.2, 0) is 9.53 Å². The van der Waals surface area contributed by atoms with Gasteiger partial charge in [0.05, 0.1) is 19.3 Å². The van der Waals surface area contributed by atoms with E-state index < -0.39 is 65.7 Å². The minimum Gasteiger partial charge on any atom is -0.491 e. The smallest absolute Gasteiger partial charge is 0.419 e. The Morgan fingerprint density at radius 2 is 1.94 bits per heavy atom. The number of aromatic nitrogens is 1. The van der Waals surface area contributed by atoms with Crippen molar-refractivity contribution in [1.82, 2.24) is 4.98 Å². The van der Waals surface area contributed by atoms with Crippen LogP contribution in [0.2, 0.25) is 0 Å². The average Bonchev–Trinajstić information content (AvgIpc) is 3.17. The lowest BCUT2D eigenvalue weighted by molar-refractivity contribution is -0.261. The first-order chi connectivity index (χ1) is 15.4. The van der Waals surface area contributed by atoms with Crippen LogP contribution in [0.3, 0.4) is 0 Å². The summed E-state index contributed by atoms with van der Waals surface area (Å²) in [4.78, 5) is 28.6. The van der Waals surface area contributed by atoms with Gasteiger partial charge in [-0.15, -0.1) is 0 Å². The number of carbonyl (C=O) groups is 2. The quantitative estimate of drug-likeness (QED) is 0.619. The highest BCUT2D eigenvalue weighted by atomic mass is 19.4. The molecule has 0 unspecified atom stereocenters. The van der Waals surface area contributed by atoms with E-state index in [0.29, 0.717) is 6.07 Å². The highest BCUT2D eigenvalue weighted by Gasteiger charge is 2.63. The van der Waals surface area contributed by atoms with Gasteiger partial charge in [-0.2, -0.15) is 17.6 Å². The van der Waals surface area contributed by atoms with E-state index in [0.717, 1.165) is 37.4 Å². The predicted molar refractivity (Wildman–Crippen MR) is 104 cm³/mol. The number of carboxylic acid groups (broad SMARTS) is 1. The molecule has 13 heteroatoms. The number of aromatic carboxylic acids is 1. The fourth-order valence-electron chi connectivity index (χ4n) is 3.62. The third-order valence-electron chi connectivity index (χ3n) is 5.32. The van der Waals surface area contributed by atoms with Crippen LogP contribution in [-0.4, -0.2) is 60.6 Å². The highest BCUT2D eigenvalue weighted by molar-refractivity contribution is 5.98. The van der Waals surface area contributed by atoms with E-state index in [1.807, 2.05) is 0 Å². The molecule has 0 spiro atoms. The Kier molecular flexibility index (Phi) is 6.45. The Morgan fingerprint density at radius 3 is 2.52 bits per heavy atom. The number of benzene rings is 1. The van der Waals surface area contributed by atoms with Crippen LogP contribution in [0.25, 0.3) is 0 Å². The molecule has 1 fully saturated rings. The molecule has 1 amide bonds. The van der Waals surface area contributed by atoms with Crippen LogP contribution < -0.4 is 15.0 Å². The first-order valence-corrected chi connectivity index (χ1v) is 9.35. The highest BCUT2D eigenvalue weighted by Crippen LogP contribution is 2.47. The molecule has 2 N–H and O–H groups in total. The van der Waals surface area contributed by atoms with Crippen molar-refractivity contribution in [3.63, 3.8) is 0 Å². The van der Waals surface area contributed by atoms with Crippen molar-refractivity contribution in [3.05, 3.63) is 47.8 Å². The molecule has 0 bridgehead atoms. The monoisotopic (exact) mass is 475 g/mol. The number of methoxy groups -OCH3 is 2. The molecule has 1 aliphatic heterocycles. The summed E-state index contributed by atoms with van der Waals surface area (Å²) < 4.78 is 79.3. The van der Waals surface area contributed by atoms with E-state index in [1.165, 1.54) is 6.07 Å². The molecule has 178 valence electrons. The first-order valence-electron chi connectivity index (χ1n) is 9.35. The van der Waals surface area contributed by atoms with E-state index in [4.69, 9.17) is 14.6 Å². The van der Waals surface area contributed by atoms with Crippen molar-refractivity contribution >= 4 is 23.3 Å². The van der Waals surface area contributed by atoms with E-state index >= 15 is 0 Å². The van der Waals surface area contributed by atoms with Crippen LogP contribution in [0.1, 0.15) is 16.9 Å². The van der Waals surface area contributed by atoms with Gasteiger partial charge in [0.15, 0.2) is 17.2 Å². The second-order valence-electron chi connectivity index (χ2n) is 7.18. The normalized spacial score (nSPS) is 20.6. The number of anilines is 2. The molecule has 0 radical (unpaired) electrons. The molecule has 33 heavy (non-hydrogen) atoms. The predicted octanol–water partition coefficient (Wildman–Crippen LogP) is 3.23. The van der Waals surface area contributed by atoms with Crippen molar-refractivity contribution in [1.29, 1.82) is 0 Å². The molecule has 1 aromatic heterocycles. The lowest BCUT2D eigenvalue weighted by atomic mass is 9.99. The maximum atomic E-state index is 14.3. The molecule has 8 nitrogen and oxygen atoms in total. The van der Waals surface area contributed by atoms with Crippen molar-refractivity contribution < 1.29 is 46.1 Å². The lowest BCUT2D eigenvalue weighted by Gasteiger charge is -2.31. The van der Waals surface area contributed by atoms with E-state index in [-0.39, 0.29) is 11.4 Å². The minimum atomic E-state index is -4.91. The number of rotatable bonds is 6. The van der Waals surface area contributed by atoms with Crippen LogP contribution in [0.15, 0.2) is 30.5 Å². The van der Waals surface area contributed by atoms with E-state index in [2.05, 4.69) is 10.3 Å². The average molecular weight is 475 g/mol. The third kappa shape index (κ3) is 4.40. The number of nitrogens with zero attached hydrogens (tertiary/aromatic N) is 2. The van der Waals surface area contributed by atoms with Crippen LogP contribution in [0.5, 0.6) is 5.75 Å². The van der Waals surface area contributed by atoms with Crippen molar-refractivity contribution in [2.24, 2.45) is 0 Å². The third-order valence-corrected chi connectivity index (χ3v) is 5.32. The first kappa shape index (κ1) is 24.2. The van der Waals surface area contributed by atoms with Gasteiger partial charge in [-0.05, 0) is 24.3 Å². The molecule has 0 saturated carbocycles. The number of halogens is 5. The maximum absolute atomic E-state index is 14.3. The summed E-state index contributed by atoms with van der Waals surface area (Å²) >= 11 is 0. The van der Waals surface area contributed by atoms with Gasteiger partial charge in [0, 0.05) is 25.4 Å². The van der Waals surface area contributed by atoms with Crippen molar-refractivity contribution in [2.75, 3.05) is 31.0 Å². The summed E-state index contributed by atoms with van der Waals surface area (Å²) in [6.45, 7) is -0.913. The molecule has 1 aromatic carbocycles. The van der Waals surface area contributed by atoms with Gasteiger partial charge in [0.2, 0.25) is 11.7 Å². The number of ether oxygens (including phenoxy) is 2. The largest absolute Gasteiger partial charge is 0.491 e. The molecule has 1 saturated heterocycles. The fourth-order valence-corrected chi connectivity index (χ4v) is 3.62. The van der Waals surface area contributed by atoms with Crippen LogP contribution in [0.4, 0.5) is 33.3 Å². The lowest BCUT2D eigenvalue weighted by Crippen LogP contribution is -2.49. The Morgan fingerprint density at radius 1 is 1.24 bits per heavy atom. The number of carboxylic acids is 1. The Hall–Kier alpha value is -3.48. The van der Waals surface area contributed by atoms with Gasteiger partial charge in [-0.25, -0.2) is 14.2 Å². The van der Waals surface area contributed by atoms with Crippen molar-refractivity contribution in [2.45, 2.75) is 24.2 Å². The van der Waals surface area contributed by atoms with E-state index in [9.17, 15) is 31.5 Å². The van der Waals surface area contributed by atoms with Gasteiger partial charge in [-0.1, -0.05) is 0 Å². The zero-order valence-corrected chi connectivity index (χ0v) is 17.2. The zero-order chi connectivity index (χ0) is 24.6. The summed E-state index contributed by atoms with van der Waals surface area (Å²) in [5.41, 5.74) is -3.53. The number of amides is 1. The van der Waals surface area contributed by atoms with Gasteiger partial charge < -0.3 is 24.8 Å². The minimum absolute atomic E-state index is 0.0356. The molecule has 2 aromatic rings. The second kappa shape index (κ2) is 8.81. The Labute approximate surface area is 183 Å². The van der Waals surface area contributed by atoms with Crippen LogP contribution in [0, 0.1) is 11.6 Å². The van der Waals surface area contributed by atoms with Gasteiger partial charge >= 0.3 is 12.1 Å². The Bertz CT molecular complexity index is 1080. The van der Waals surface area contributed by atoms with Gasteiger partial charge in [-0.3, -0.25) is 4.79 Å². The summed E-state index contributed by atoms with van der Waals surface area (Å²) in [5.74, 6) is -5.75. The summed E-state index contributed by atoms with van der Waals surface area (Å²) in [7, 11) is 1.83. The number of nitrogens with one attached hydrogen (secondary N) is 1. The number of alkyl halides is 3. The Balaban J connectivity index is 2.05. The molecule has 1 aliphatic rings. The molecule has 2 atom stereocenters. The SMILES string of the molecule is COc1c(N2C[C@@](OC)(C(F)(F)F)C[C@H]2C(=O)Nc2ccnc(C(=O)O)c2)ccc(F)c1F. The van der Waals surface area contributed by atoms with Gasteiger partial charge in [0.1, 0.15) is 11.7 Å². The molecular formula is C20H18F5N3O5. The van der Waals surface area contributed by atoms with Crippen LogP contribution >= 0.6 is 0 Å². The topological polar surface area (TPSA) is 101 Å². The number of hydrogen-bond donors (Lipinski definition) is 2. The zero-order valence-electron chi connectivity index (χ0n) is 17.2. The molecule has 3 rings (SSSR count). The fraction of sp³-hybridized carbons (Fsp3) is 0.350. The van der Waals surface area contributed by atoms with Gasteiger partial charge in [0.25, 0.3) is 0 Å². The van der Waals surface area contributed by atoms with E-state index in [1.54, 1.807) is 0 Å². The number of carbonyl (C=O) groups excluding carboxylic acids is 1. The summed E-state index contributed by atoms with van der Waals surface area (Å²) in [6, 6.07) is 2.39. The standard InChI is InChI=1S/C20H18F5N3O5/c1-32-16-13(4-3-11(21)15(16)22)28-9-19(33-2,20(23,24)25)8-14(28)17(29)27-10-5-6-26-12(7-10)18(30)31/h3-7,14H,8-9H2,1-2H3,(H,30,31)(H,26,27,29)/t14-,19+/m0/s1. The summed E-state index contributed by atoms with van der Waals surface area (Å²) in [6.07, 6.45) is -4.69. The van der Waals surface area contributed by atoms with Crippen molar-refractivity contribution in [3.8, 4) is 5.75 Å². The molecule has 0 aliphatic carbocycles. The number of hydrogen-bond acceptors (Lipinski definition) is 6. The summed E-state index contributed by atoms with van der Waals surface area (Å²) in [5, 5.41) is 11.4. The molecule has 2 heterocycles. The number of pyridine rings is 1. The maximum Gasteiger partial charge on any atom is 0.419 e. The second-order valence-corrected chi connectivity index (χ2v) is 7.18. The molecular weight excluding hydrogens is 457 g/mol.